The number of nitrogens with zero attached hydrogens (tertiary/aromatic N) is 5. The number of halogens is 2. The molecular weight excluding hydrogens is 873 g/mol. The molecule has 7 saturated heterocycles. The molecule has 0 aliphatic carbocycles. The first-order valence-electron chi connectivity index (χ1n) is 22.6. The molecule has 21 nitrogen and oxygen atoms in total. The van der Waals surface area contributed by atoms with Crippen LogP contribution < -0.4 is 42.5 Å². The number of carbonyl (C=O) groups is 6. The minimum absolute atomic E-state index is 0. The van der Waals surface area contributed by atoms with Crippen molar-refractivity contribution in [2.75, 3.05) is 184 Å². The Hall–Kier alpha value is -3.12. The summed E-state index contributed by atoms with van der Waals surface area (Å²) in [4.78, 5) is 72.3. The van der Waals surface area contributed by atoms with Gasteiger partial charge in [0, 0.05) is 196 Å². The Morgan fingerprint density at radius 3 is 0.719 bits per heavy atom. The van der Waals surface area contributed by atoms with Crippen molar-refractivity contribution in [3.63, 3.8) is 0 Å². The van der Waals surface area contributed by atoms with E-state index in [9.17, 15) is 28.8 Å². The highest BCUT2D eigenvalue weighted by molar-refractivity contribution is 6.61. The Bertz CT molecular complexity index is 1070. The van der Waals surface area contributed by atoms with Gasteiger partial charge in [0.1, 0.15) is 0 Å². The number of hydrogen-bond donors (Lipinski definition) is 8. The Labute approximate surface area is 394 Å². The molecule has 7 aliphatic rings. The van der Waals surface area contributed by atoms with E-state index in [0.29, 0.717) is 26.2 Å². The predicted molar refractivity (Wildman–Crippen MR) is 255 cm³/mol. The summed E-state index contributed by atoms with van der Waals surface area (Å²) in [5, 5.41) is 25.7. The first-order chi connectivity index (χ1) is 30.3. The van der Waals surface area contributed by atoms with E-state index in [0.717, 1.165) is 131 Å². The van der Waals surface area contributed by atoms with Crippen molar-refractivity contribution in [3.8, 4) is 0 Å². The Morgan fingerprint density at radius 2 is 0.562 bits per heavy atom. The summed E-state index contributed by atoms with van der Waals surface area (Å²) >= 11 is 4.60. The van der Waals surface area contributed by atoms with Crippen LogP contribution in [0.1, 0.15) is 47.0 Å². The van der Waals surface area contributed by atoms with Crippen LogP contribution >= 0.6 is 24.0 Å². The molecule has 0 unspecified atom stereocenters. The summed E-state index contributed by atoms with van der Waals surface area (Å²) in [6, 6.07) is 0. The number of carbonyl (C=O) groups excluding carboxylic acids is 6. The van der Waals surface area contributed by atoms with Gasteiger partial charge in [-0.25, -0.2) is 9.59 Å². The highest BCUT2D eigenvalue weighted by atomic mass is 35.5. The molecule has 0 aromatic heterocycles. The third kappa shape index (κ3) is 37.1. The van der Waals surface area contributed by atoms with E-state index < -0.39 is 5.43 Å². The maximum absolute atomic E-state index is 11.0. The zero-order valence-electron chi connectivity index (χ0n) is 39.8. The number of nitrogens with one attached hydrogen (secondary N) is 8. The number of piperidine rings is 1. The van der Waals surface area contributed by atoms with Gasteiger partial charge in [-0.3, -0.25) is 19.2 Å². The van der Waals surface area contributed by atoms with Crippen LogP contribution in [0.5, 0.6) is 0 Å². The van der Waals surface area contributed by atoms with E-state index in [-0.39, 0.29) is 42.1 Å². The second-order valence-corrected chi connectivity index (χ2v) is 15.3. The van der Waals surface area contributed by atoms with Gasteiger partial charge in [0.25, 0.3) is 0 Å². The number of ether oxygens (including phenoxy) is 2. The molecule has 7 heterocycles. The molecule has 7 fully saturated rings. The first kappa shape index (κ1) is 63.0. The standard InChI is InChI=1S/C8H14N2O3.3C6H12N2O.C5H11N.2C4H10N2.C2H3ClO2.ClH/c1-7(11)9-3-5-10(6-4-9)8(12)13-2;3*1-6(9)8-4-2-7-3-5-8;1-2-4-6-5-3-1;2*1-2-6-4-3-5-1;1-5-2(3)4;/h3-6H2,1-2H3;3*7H,2-5H2,1H3;6H,1-5H2;2*5-6H,1-4H2;1H3;1H. The fraction of sp³-hybridized carbons (Fsp3) is 0.854. The molecule has 376 valence electrons. The average molecular weight is 959 g/mol. The smallest absolute Gasteiger partial charge is 0.409 e. The fourth-order valence-electron chi connectivity index (χ4n) is 6.28. The molecule has 64 heavy (non-hydrogen) atoms. The van der Waals surface area contributed by atoms with Crippen molar-refractivity contribution in [2.45, 2.75) is 47.0 Å². The van der Waals surface area contributed by atoms with E-state index in [1.54, 1.807) is 30.6 Å². The van der Waals surface area contributed by atoms with Gasteiger partial charge in [-0.15, -0.1) is 12.4 Å². The molecule has 0 bridgehead atoms. The number of rotatable bonds is 0. The normalized spacial score (nSPS) is 19.1. The zero-order chi connectivity index (χ0) is 46.9. The summed E-state index contributed by atoms with van der Waals surface area (Å²) in [5.41, 5.74) is -0.773. The lowest BCUT2D eigenvalue weighted by Gasteiger charge is -2.33. The van der Waals surface area contributed by atoms with Gasteiger partial charge >= 0.3 is 11.5 Å². The molecule has 23 heteroatoms. The second-order valence-electron chi connectivity index (χ2n) is 15.0. The van der Waals surface area contributed by atoms with Crippen LogP contribution in [0.25, 0.3) is 0 Å². The van der Waals surface area contributed by atoms with Gasteiger partial charge in [-0.1, -0.05) is 6.42 Å². The topological polar surface area (TPSA) is 233 Å². The van der Waals surface area contributed by atoms with Crippen molar-refractivity contribution in [1.82, 2.24) is 67.0 Å². The van der Waals surface area contributed by atoms with Crippen LogP contribution in [-0.4, -0.2) is 244 Å². The van der Waals surface area contributed by atoms with E-state index in [1.165, 1.54) is 53.5 Å². The van der Waals surface area contributed by atoms with Crippen molar-refractivity contribution >= 4 is 59.2 Å². The third-order valence-electron chi connectivity index (χ3n) is 10.1. The lowest BCUT2D eigenvalue weighted by atomic mass is 10.2. The summed E-state index contributed by atoms with van der Waals surface area (Å²) in [7, 11) is 2.58. The minimum atomic E-state index is -0.773. The Morgan fingerprint density at radius 1 is 0.344 bits per heavy atom. The minimum Gasteiger partial charge on any atom is -0.457 e. The highest BCUT2D eigenvalue weighted by Crippen LogP contribution is 2.03. The van der Waals surface area contributed by atoms with Crippen molar-refractivity contribution in [2.24, 2.45) is 0 Å². The van der Waals surface area contributed by atoms with E-state index in [4.69, 9.17) is 0 Å². The molecule has 0 aromatic rings. The second kappa shape index (κ2) is 43.8. The third-order valence-corrected chi connectivity index (χ3v) is 10.3. The lowest BCUT2D eigenvalue weighted by Crippen LogP contribution is -2.50. The van der Waals surface area contributed by atoms with Crippen LogP contribution in [0.3, 0.4) is 0 Å². The van der Waals surface area contributed by atoms with Gasteiger partial charge in [-0.05, 0) is 25.9 Å². The van der Waals surface area contributed by atoms with Crippen molar-refractivity contribution in [1.29, 1.82) is 0 Å². The van der Waals surface area contributed by atoms with E-state index in [1.807, 2.05) is 14.7 Å². The molecule has 5 amide bonds. The van der Waals surface area contributed by atoms with E-state index >= 15 is 0 Å². The molecule has 0 radical (unpaired) electrons. The summed E-state index contributed by atoms with van der Waals surface area (Å²) < 4.78 is 8.45. The molecule has 0 saturated carbocycles. The molecule has 7 aliphatic heterocycles. The number of piperazine rings is 6. The summed E-state index contributed by atoms with van der Waals surface area (Å²) in [6.45, 7) is 31.2. The molecule has 0 spiro atoms. The van der Waals surface area contributed by atoms with Crippen LogP contribution in [-0.2, 0) is 28.7 Å². The van der Waals surface area contributed by atoms with Crippen LogP contribution in [0.4, 0.5) is 9.59 Å². The Balaban J connectivity index is 0. The number of amides is 5. The molecular formula is C41H85Cl2N13O8. The van der Waals surface area contributed by atoms with Crippen LogP contribution in [0.15, 0.2) is 0 Å². The average Bonchev–Trinajstić information content (AvgIpc) is 3.35. The first-order valence-corrected chi connectivity index (χ1v) is 23.0. The highest BCUT2D eigenvalue weighted by Gasteiger charge is 2.22. The quantitative estimate of drug-likeness (QED) is 0.133. The molecule has 0 atom stereocenters. The SMILES string of the molecule is C1CCNCC1.C1CNCCN1.C1CNCCN1.CC(=O)N1CCNCC1.CC(=O)N1CCNCC1.CC(=O)N1CCNCC1.COC(=O)Cl.COC(=O)N1CCN(C(C)=O)CC1.Cl. The fourth-order valence-corrected chi connectivity index (χ4v) is 6.28. The molecule has 8 N–H and O–H groups in total. The zero-order valence-corrected chi connectivity index (χ0v) is 41.4. The maximum atomic E-state index is 11.0. The van der Waals surface area contributed by atoms with Gasteiger partial charge < -0.3 is 76.5 Å². The van der Waals surface area contributed by atoms with Gasteiger partial charge in [-0.2, -0.15) is 0 Å². The molecule has 0 aromatic carbocycles. The monoisotopic (exact) mass is 958 g/mol. The van der Waals surface area contributed by atoms with E-state index in [2.05, 4.69) is 63.6 Å². The van der Waals surface area contributed by atoms with Crippen molar-refractivity contribution < 1.29 is 38.2 Å². The predicted octanol–water partition coefficient (Wildman–Crippen LogP) is -1.24. The van der Waals surface area contributed by atoms with Gasteiger partial charge in [0.2, 0.25) is 23.6 Å². The number of hydrogen-bond acceptors (Lipinski definition) is 16. The largest absolute Gasteiger partial charge is 0.457 e. The summed E-state index contributed by atoms with van der Waals surface area (Å²) in [6.07, 6.45) is 3.90. The lowest BCUT2D eigenvalue weighted by molar-refractivity contribution is -0.130. The van der Waals surface area contributed by atoms with Gasteiger partial charge in [0.05, 0.1) is 14.2 Å². The number of methoxy groups -OCH3 is 2. The van der Waals surface area contributed by atoms with Crippen LogP contribution in [0.2, 0.25) is 0 Å². The molecule has 7 rings (SSSR count). The summed E-state index contributed by atoms with van der Waals surface area (Å²) in [5.74, 6) is 0.633. The van der Waals surface area contributed by atoms with Crippen LogP contribution in [0, 0.1) is 0 Å². The maximum Gasteiger partial charge on any atom is 0.409 e. The Kier molecular flexibility index (Phi) is 43.0. The van der Waals surface area contributed by atoms with Crippen molar-refractivity contribution in [3.05, 3.63) is 0 Å². The van der Waals surface area contributed by atoms with Gasteiger partial charge in [0.15, 0.2) is 0 Å².